The van der Waals surface area contributed by atoms with E-state index < -0.39 is 0 Å². The zero-order chi connectivity index (χ0) is 14.5. The van der Waals surface area contributed by atoms with E-state index in [9.17, 15) is 0 Å². The number of nitrogens with two attached hydrogens (primary N) is 1. The molecule has 0 unspecified atom stereocenters. The van der Waals surface area contributed by atoms with Crippen molar-refractivity contribution in [3.8, 4) is 11.5 Å². The van der Waals surface area contributed by atoms with Crippen LogP contribution in [0.2, 0.25) is 5.02 Å². The Balaban J connectivity index is 2.19. The number of ether oxygens (including phenoxy) is 2. The van der Waals surface area contributed by atoms with E-state index in [1.165, 1.54) is 5.56 Å². The number of nitrogen functional groups attached to an aromatic ring is 1. The summed E-state index contributed by atoms with van der Waals surface area (Å²) in [6, 6.07) is 11.3. The third-order valence-electron chi connectivity index (χ3n) is 3.16. The molecule has 0 saturated carbocycles. The summed E-state index contributed by atoms with van der Waals surface area (Å²) in [7, 11) is 1.63. The van der Waals surface area contributed by atoms with Gasteiger partial charge in [-0.25, -0.2) is 0 Å². The van der Waals surface area contributed by atoms with Gasteiger partial charge in [-0.15, -0.1) is 0 Å². The number of aryl methyl sites for hydroxylation is 1. The first kappa shape index (κ1) is 14.5. The van der Waals surface area contributed by atoms with E-state index in [2.05, 4.69) is 6.92 Å². The van der Waals surface area contributed by atoms with Crippen LogP contribution in [0.15, 0.2) is 36.4 Å². The Morgan fingerprint density at radius 1 is 1.15 bits per heavy atom. The molecular weight excluding hydrogens is 274 g/mol. The number of hydrogen-bond acceptors (Lipinski definition) is 3. The van der Waals surface area contributed by atoms with Crippen LogP contribution >= 0.6 is 11.6 Å². The Kier molecular flexibility index (Phi) is 4.74. The lowest BCUT2D eigenvalue weighted by molar-refractivity contribution is 0.285. The van der Waals surface area contributed by atoms with Gasteiger partial charge in [0.05, 0.1) is 7.11 Å². The van der Waals surface area contributed by atoms with E-state index in [1.54, 1.807) is 13.2 Å². The van der Waals surface area contributed by atoms with Crippen molar-refractivity contribution in [2.75, 3.05) is 12.8 Å². The van der Waals surface area contributed by atoms with Crippen molar-refractivity contribution in [2.45, 2.75) is 20.0 Å². The molecule has 0 radical (unpaired) electrons. The maximum Gasteiger partial charge on any atom is 0.161 e. The standard InChI is InChI=1S/C16H18ClNO2/c1-3-11-7-8-15(16(9-11)19-2)20-10-12-13(17)5-4-6-14(12)18/h4-9H,3,10,18H2,1-2H3. The quantitative estimate of drug-likeness (QED) is 0.845. The third kappa shape index (κ3) is 3.17. The van der Waals surface area contributed by atoms with E-state index >= 15 is 0 Å². The molecule has 0 aliphatic carbocycles. The summed E-state index contributed by atoms with van der Waals surface area (Å²) in [4.78, 5) is 0. The second-order valence-corrected chi connectivity index (χ2v) is 4.84. The predicted molar refractivity (Wildman–Crippen MR) is 82.6 cm³/mol. The van der Waals surface area contributed by atoms with Gasteiger partial charge in [0.15, 0.2) is 11.5 Å². The molecule has 0 spiro atoms. The number of benzene rings is 2. The van der Waals surface area contributed by atoms with Crippen molar-refractivity contribution < 1.29 is 9.47 Å². The molecule has 0 aliphatic heterocycles. The van der Waals surface area contributed by atoms with E-state index in [0.29, 0.717) is 23.1 Å². The molecule has 2 rings (SSSR count). The van der Waals surface area contributed by atoms with Gasteiger partial charge >= 0.3 is 0 Å². The molecule has 3 nitrogen and oxygen atoms in total. The van der Waals surface area contributed by atoms with Gasteiger partial charge in [0.2, 0.25) is 0 Å². The zero-order valence-corrected chi connectivity index (χ0v) is 12.4. The Morgan fingerprint density at radius 3 is 2.60 bits per heavy atom. The summed E-state index contributed by atoms with van der Waals surface area (Å²) in [5.74, 6) is 1.40. The molecular formula is C16H18ClNO2. The lowest BCUT2D eigenvalue weighted by Crippen LogP contribution is -2.02. The van der Waals surface area contributed by atoms with Gasteiger partial charge < -0.3 is 15.2 Å². The molecule has 2 N–H and O–H groups in total. The third-order valence-corrected chi connectivity index (χ3v) is 3.52. The van der Waals surface area contributed by atoms with Crippen molar-refractivity contribution in [3.05, 3.63) is 52.5 Å². The molecule has 2 aromatic rings. The highest BCUT2D eigenvalue weighted by Crippen LogP contribution is 2.30. The van der Waals surface area contributed by atoms with Crippen molar-refractivity contribution in [3.63, 3.8) is 0 Å². The first-order valence-electron chi connectivity index (χ1n) is 6.48. The van der Waals surface area contributed by atoms with Crippen LogP contribution in [0, 0.1) is 0 Å². The van der Waals surface area contributed by atoms with Crippen LogP contribution in [0.5, 0.6) is 11.5 Å². The smallest absolute Gasteiger partial charge is 0.161 e. The first-order valence-corrected chi connectivity index (χ1v) is 6.86. The largest absolute Gasteiger partial charge is 0.493 e. The minimum Gasteiger partial charge on any atom is -0.493 e. The highest BCUT2D eigenvalue weighted by Gasteiger charge is 2.09. The fraction of sp³-hybridized carbons (Fsp3) is 0.250. The van der Waals surface area contributed by atoms with E-state index in [4.69, 9.17) is 26.8 Å². The highest BCUT2D eigenvalue weighted by atomic mass is 35.5. The van der Waals surface area contributed by atoms with Crippen molar-refractivity contribution in [2.24, 2.45) is 0 Å². The second kappa shape index (κ2) is 6.53. The molecule has 0 amide bonds. The van der Waals surface area contributed by atoms with Crippen LogP contribution in [0.25, 0.3) is 0 Å². The molecule has 0 bridgehead atoms. The fourth-order valence-electron chi connectivity index (χ4n) is 1.93. The summed E-state index contributed by atoms with van der Waals surface area (Å²) in [5.41, 5.74) is 8.52. The molecule has 0 aliphatic rings. The Hall–Kier alpha value is -1.87. The van der Waals surface area contributed by atoms with Gasteiger partial charge in [-0.1, -0.05) is 30.7 Å². The number of halogens is 1. The molecule has 106 valence electrons. The van der Waals surface area contributed by atoms with E-state index in [1.807, 2.05) is 30.3 Å². The minimum absolute atomic E-state index is 0.313. The average Bonchev–Trinajstić information content (AvgIpc) is 2.46. The van der Waals surface area contributed by atoms with Crippen molar-refractivity contribution in [1.29, 1.82) is 0 Å². The molecule has 0 heterocycles. The minimum atomic E-state index is 0.313. The summed E-state index contributed by atoms with van der Waals surface area (Å²) in [6.07, 6.45) is 0.952. The van der Waals surface area contributed by atoms with Crippen LogP contribution in [-0.4, -0.2) is 7.11 Å². The summed E-state index contributed by atoms with van der Waals surface area (Å²) < 4.78 is 11.1. The van der Waals surface area contributed by atoms with Gasteiger partial charge in [-0.05, 0) is 36.2 Å². The molecule has 4 heteroatoms. The first-order chi connectivity index (χ1) is 9.65. The van der Waals surface area contributed by atoms with Crippen LogP contribution in [0.1, 0.15) is 18.1 Å². The SMILES string of the molecule is CCc1ccc(OCc2c(N)cccc2Cl)c(OC)c1. The summed E-state index contributed by atoms with van der Waals surface area (Å²) in [5, 5.41) is 0.606. The molecule has 0 aromatic heterocycles. The zero-order valence-electron chi connectivity index (χ0n) is 11.7. The Morgan fingerprint density at radius 2 is 1.95 bits per heavy atom. The van der Waals surface area contributed by atoms with Crippen LogP contribution < -0.4 is 15.2 Å². The fourth-order valence-corrected chi connectivity index (χ4v) is 2.17. The highest BCUT2D eigenvalue weighted by molar-refractivity contribution is 6.31. The number of rotatable bonds is 5. The van der Waals surface area contributed by atoms with Gasteiger partial charge in [0.1, 0.15) is 6.61 Å². The number of hydrogen-bond donors (Lipinski definition) is 1. The lowest BCUT2D eigenvalue weighted by atomic mass is 10.1. The maximum atomic E-state index is 6.13. The second-order valence-electron chi connectivity index (χ2n) is 4.44. The van der Waals surface area contributed by atoms with Crippen LogP contribution in [-0.2, 0) is 13.0 Å². The molecule has 0 fully saturated rings. The Bertz CT molecular complexity index is 579. The summed E-state index contributed by atoms with van der Waals surface area (Å²) >= 11 is 6.13. The van der Waals surface area contributed by atoms with E-state index in [0.717, 1.165) is 17.7 Å². The van der Waals surface area contributed by atoms with Crippen molar-refractivity contribution >= 4 is 17.3 Å². The van der Waals surface area contributed by atoms with Crippen molar-refractivity contribution in [1.82, 2.24) is 0 Å². The van der Waals surface area contributed by atoms with E-state index in [-0.39, 0.29) is 0 Å². The molecule has 0 saturated heterocycles. The maximum absolute atomic E-state index is 6.13. The lowest BCUT2D eigenvalue weighted by Gasteiger charge is -2.13. The van der Waals surface area contributed by atoms with Crippen LogP contribution in [0.3, 0.4) is 0 Å². The monoisotopic (exact) mass is 291 g/mol. The topological polar surface area (TPSA) is 44.5 Å². The van der Waals surface area contributed by atoms with Gasteiger partial charge in [-0.2, -0.15) is 0 Å². The average molecular weight is 292 g/mol. The number of methoxy groups -OCH3 is 1. The Labute approximate surface area is 124 Å². The molecule has 2 aromatic carbocycles. The molecule has 0 atom stereocenters. The number of anilines is 1. The van der Waals surface area contributed by atoms with Gasteiger partial charge in [0, 0.05) is 16.3 Å². The van der Waals surface area contributed by atoms with Gasteiger partial charge in [0.25, 0.3) is 0 Å². The van der Waals surface area contributed by atoms with Gasteiger partial charge in [-0.3, -0.25) is 0 Å². The normalized spacial score (nSPS) is 10.3. The summed E-state index contributed by atoms with van der Waals surface area (Å²) in [6.45, 7) is 2.41. The van der Waals surface area contributed by atoms with Crippen LogP contribution in [0.4, 0.5) is 5.69 Å². The molecule has 20 heavy (non-hydrogen) atoms. The predicted octanol–water partition coefficient (Wildman–Crippen LogP) is 4.07.